The second-order valence-corrected chi connectivity index (χ2v) is 9.38. The molecule has 1 N–H and O–H groups in total. The minimum absolute atomic E-state index is 0.0762. The summed E-state index contributed by atoms with van der Waals surface area (Å²) in [5.41, 5.74) is 3.72. The van der Waals surface area contributed by atoms with Crippen molar-refractivity contribution in [3.05, 3.63) is 77.9 Å². The number of anilines is 1. The van der Waals surface area contributed by atoms with Crippen molar-refractivity contribution in [2.24, 2.45) is 4.99 Å². The van der Waals surface area contributed by atoms with Crippen LogP contribution < -0.4 is 14.8 Å². The van der Waals surface area contributed by atoms with Crippen LogP contribution in [-0.4, -0.2) is 55.0 Å². The number of rotatable bonds is 3. The Bertz CT molecular complexity index is 1270. The van der Waals surface area contributed by atoms with Gasteiger partial charge in [0.05, 0.1) is 12.7 Å². The molecule has 1 saturated heterocycles. The number of para-hydroxylation sites is 3. The summed E-state index contributed by atoms with van der Waals surface area (Å²) >= 11 is 0. The van der Waals surface area contributed by atoms with Gasteiger partial charge in [0.2, 0.25) is 0 Å². The molecule has 1 fully saturated rings. The highest BCUT2D eigenvalue weighted by atomic mass is 16.5. The molecule has 3 aromatic carbocycles. The summed E-state index contributed by atoms with van der Waals surface area (Å²) in [4.78, 5) is 22.2. The average molecular weight is 485 g/mol. The number of aliphatic imine (C=N–C) groups is 1. The van der Waals surface area contributed by atoms with Crippen molar-refractivity contribution in [3.8, 4) is 17.2 Å². The average Bonchev–Trinajstić information content (AvgIpc) is 3.24. The van der Waals surface area contributed by atoms with Crippen LogP contribution in [0, 0.1) is 0 Å². The lowest BCUT2D eigenvalue weighted by Gasteiger charge is -2.25. The molecule has 0 unspecified atom stereocenters. The molecular formula is C29H32N4O3. The summed E-state index contributed by atoms with van der Waals surface area (Å²) in [6.07, 6.45) is 0.834. The highest BCUT2D eigenvalue weighted by molar-refractivity contribution is 6.04. The Morgan fingerprint density at radius 3 is 2.56 bits per heavy atom. The molecule has 7 heteroatoms. The van der Waals surface area contributed by atoms with Crippen LogP contribution in [0.4, 0.5) is 16.2 Å². The number of ether oxygens (including phenoxy) is 2. The smallest absolute Gasteiger partial charge is 0.321 e. The fourth-order valence-corrected chi connectivity index (χ4v) is 4.61. The van der Waals surface area contributed by atoms with Crippen LogP contribution >= 0.6 is 0 Å². The molecule has 36 heavy (non-hydrogen) atoms. The van der Waals surface area contributed by atoms with Crippen molar-refractivity contribution in [3.63, 3.8) is 0 Å². The molecule has 0 aliphatic carbocycles. The molecule has 5 rings (SSSR count). The van der Waals surface area contributed by atoms with Gasteiger partial charge in [-0.1, -0.05) is 44.2 Å². The number of methoxy groups -OCH3 is 1. The second-order valence-electron chi connectivity index (χ2n) is 9.38. The van der Waals surface area contributed by atoms with E-state index in [-0.39, 0.29) is 6.03 Å². The van der Waals surface area contributed by atoms with Gasteiger partial charge >= 0.3 is 6.03 Å². The Hall–Kier alpha value is -4.00. The Morgan fingerprint density at radius 2 is 1.78 bits per heavy atom. The monoisotopic (exact) mass is 484 g/mol. The molecule has 2 aliphatic heterocycles. The van der Waals surface area contributed by atoms with Crippen molar-refractivity contribution in [1.82, 2.24) is 9.80 Å². The Kier molecular flexibility index (Phi) is 6.80. The first-order chi connectivity index (χ1) is 17.5. The number of nitrogens with zero attached hydrogens (tertiary/aromatic N) is 3. The van der Waals surface area contributed by atoms with Crippen LogP contribution in [0.3, 0.4) is 0 Å². The van der Waals surface area contributed by atoms with E-state index in [9.17, 15) is 4.79 Å². The van der Waals surface area contributed by atoms with Gasteiger partial charge in [-0.25, -0.2) is 9.79 Å². The van der Waals surface area contributed by atoms with Gasteiger partial charge < -0.3 is 24.6 Å². The van der Waals surface area contributed by atoms with Crippen molar-refractivity contribution >= 4 is 23.2 Å². The molecule has 0 atom stereocenters. The van der Waals surface area contributed by atoms with Gasteiger partial charge in [-0.15, -0.1) is 0 Å². The maximum atomic E-state index is 13.1. The largest absolute Gasteiger partial charge is 0.493 e. The third-order valence-electron chi connectivity index (χ3n) is 6.65. The van der Waals surface area contributed by atoms with E-state index < -0.39 is 0 Å². The van der Waals surface area contributed by atoms with Gasteiger partial charge in [-0.2, -0.15) is 0 Å². The molecule has 7 nitrogen and oxygen atoms in total. The Labute approximate surface area is 212 Å². The minimum atomic E-state index is -0.0762. The lowest BCUT2D eigenvalue weighted by molar-refractivity contribution is 0.214. The summed E-state index contributed by atoms with van der Waals surface area (Å²) in [5.74, 6) is 3.31. The van der Waals surface area contributed by atoms with E-state index in [1.54, 1.807) is 7.11 Å². The topological polar surface area (TPSA) is 66.4 Å². The lowest BCUT2D eigenvalue weighted by atomic mass is 10.0. The molecule has 0 aromatic heterocycles. The quantitative estimate of drug-likeness (QED) is 0.478. The van der Waals surface area contributed by atoms with Gasteiger partial charge in [0.25, 0.3) is 0 Å². The SMILES string of the molecule is COc1cccc2c1Oc1ccccc1N=C2N1CCCN(C(=O)Nc2ccc(C(C)C)cc2)CC1. The number of hydrogen-bond donors (Lipinski definition) is 1. The molecule has 0 radical (unpaired) electrons. The fraction of sp³-hybridized carbons (Fsp3) is 0.310. The van der Waals surface area contributed by atoms with Crippen molar-refractivity contribution < 1.29 is 14.3 Å². The second kappa shape index (κ2) is 10.3. The third-order valence-corrected chi connectivity index (χ3v) is 6.65. The molecule has 2 heterocycles. The molecule has 0 spiro atoms. The summed E-state index contributed by atoms with van der Waals surface area (Å²) in [6.45, 7) is 7.04. The zero-order valence-electron chi connectivity index (χ0n) is 21.0. The molecular weight excluding hydrogens is 452 g/mol. The number of hydrogen-bond acceptors (Lipinski definition) is 5. The predicted octanol–water partition coefficient (Wildman–Crippen LogP) is 6.24. The molecule has 2 aliphatic rings. The number of nitrogens with one attached hydrogen (secondary N) is 1. The third kappa shape index (κ3) is 4.87. The maximum Gasteiger partial charge on any atom is 0.321 e. The number of carbonyl (C=O) groups excluding carboxylic acids is 1. The van der Waals surface area contributed by atoms with Gasteiger partial charge in [0, 0.05) is 31.9 Å². The summed E-state index contributed by atoms with van der Waals surface area (Å²) in [5, 5.41) is 3.06. The predicted molar refractivity (Wildman–Crippen MR) is 143 cm³/mol. The van der Waals surface area contributed by atoms with Crippen LogP contribution in [0.25, 0.3) is 0 Å². The van der Waals surface area contributed by atoms with E-state index in [1.165, 1.54) is 5.56 Å². The van der Waals surface area contributed by atoms with E-state index in [2.05, 4.69) is 36.2 Å². The Balaban J connectivity index is 1.36. The van der Waals surface area contributed by atoms with E-state index in [0.29, 0.717) is 42.8 Å². The van der Waals surface area contributed by atoms with Crippen molar-refractivity contribution in [1.29, 1.82) is 0 Å². The fourth-order valence-electron chi connectivity index (χ4n) is 4.61. The zero-order valence-corrected chi connectivity index (χ0v) is 21.0. The van der Waals surface area contributed by atoms with Gasteiger partial charge in [-0.3, -0.25) is 0 Å². The van der Waals surface area contributed by atoms with Crippen molar-refractivity contribution in [2.45, 2.75) is 26.2 Å². The van der Waals surface area contributed by atoms with E-state index >= 15 is 0 Å². The van der Waals surface area contributed by atoms with Gasteiger partial charge in [-0.05, 0) is 54.3 Å². The first-order valence-electron chi connectivity index (χ1n) is 12.5. The van der Waals surface area contributed by atoms with E-state index in [4.69, 9.17) is 14.5 Å². The first kappa shape index (κ1) is 23.7. The number of benzene rings is 3. The number of carbonyl (C=O) groups is 1. The highest BCUT2D eigenvalue weighted by Gasteiger charge is 2.27. The van der Waals surface area contributed by atoms with Crippen LogP contribution in [0.15, 0.2) is 71.7 Å². The standard InChI is InChI=1S/C29H32N4O3/c1-20(2)21-12-14-22(15-13-21)30-29(34)33-17-7-16-32(18-19-33)28-23-8-6-11-26(35-3)27(23)36-25-10-5-4-9-24(25)31-28/h4-6,8-15,20H,7,16-19H2,1-3H3,(H,30,34). The number of amides is 2. The lowest BCUT2D eigenvalue weighted by Crippen LogP contribution is -2.39. The molecule has 0 saturated carbocycles. The van der Waals surface area contributed by atoms with Crippen LogP contribution in [0.5, 0.6) is 17.2 Å². The van der Waals surface area contributed by atoms with Crippen LogP contribution in [0.2, 0.25) is 0 Å². The highest BCUT2D eigenvalue weighted by Crippen LogP contribution is 2.42. The maximum absolute atomic E-state index is 13.1. The molecule has 2 amide bonds. The summed E-state index contributed by atoms with van der Waals surface area (Å²) in [7, 11) is 1.64. The molecule has 3 aromatic rings. The van der Waals surface area contributed by atoms with Gasteiger partial charge in [0.15, 0.2) is 17.2 Å². The minimum Gasteiger partial charge on any atom is -0.493 e. The van der Waals surface area contributed by atoms with E-state index in [0.717, 1.165) is 35.7 Å². The van der Waals surface area contributed by atoms with Crippen LogP contribution in [0.1, 0.15) is 37.3 Å². The normalized spacial score (nSPS) is 15.2. The number of urea groups is 1. The Morgan fingerprint density at radius 1 is 0.972 bits per heavy atom. The molecule has 0 bridgehead atoms. The summed E-state index contributed by atoms with van der Waals surface area (Å²) in [6, 6.07) is 21.6. The molecule has 186 valence electrons. The summed E-state index contributed by atoms with van der Waals surface area (Å²) < 4.78 is 11.9. The number of fused-ring (bicyclic) bond motifs is 2. The van der Waals surface area contributed by atoms with E-state index in [1.807, 2.05) is 59.5 Å². The number of amidine groups is 1. The first-order valence-corrected chi connectivity index (χ1v) is 12.5. The zero-order chi connectivity index (χ0) is 25.1. The van der Waals surface area contributed by atoms with Gasteiger partial charge in [0.1, 0.15) is 11.5 Å². The van der Waals surface area contributed by atoms with Crippen molar-refractivity contribution in [2.75, 3.05) is 38.6 Å². The van der Waals surface area contributed by atoms with Crippen LogP contribution in [-0.2, 0) is 0 Å².